The van der Waals surface area contributed by atoms with Crippen molar-refractivity contribution in [3.8, 4) is 0 Å². The zero-order valence-electron chi connectivity index (χ0n) is 11.6. The molecule has 0 fully saturated rings. The van der Waals surface area contributed by atoms with E-state index in [-0.39, 0.29) is 18.0 Å². The molecule has 0 aliphatic rings. The van der Waals surface area contributed by atoms with Crippen molar-refractivity contribution in [3.63, 3.8) is 0 Å². The fourth-order valence-corrected chi connectivity index (χ4v) is 2.40. The molecule has 2 rings (SSSR count). The van der Waals surface area contributed by atoms with Crippen LogP contribution in [0.1, 0.15) is 33.1 Å². The molecule has 0 N–H and O–H groups in total. The van der Waals surface area contributed by atoms with E-state index in [0.29, 0.717) is 13.0 Å². The Balaban J connectivity index is 2.51. The van der Waals surface area contributed by atoms with Crippen LogP contribution in [0.15, 0.2) is 29.1 Å². The first-order valence-electron chi connectivity index (χ1n) is 6.88. The number of rotatable bonds is 6. The van der Waals surface area contributed by atoms with E-state index in [2.05, 4.69) is 0 Å². The fraction of sp³-hybridized carbons (Fsp3) is 0.467. The first-order valence-corrected chi connectivity index (χ1v) is 6.88. The summed E-state index contributed by atoms with van der Waals surface area (Å²) in [6.07, 6.45) is 2.25. The summed E-state index contributed by atoms with van der Waals surface area (Å²) in [5.41, 5.74) is 1.69. The lowest BCUT2D eigenvalue weighted by Crippen LogP contribution is -2.27. The number of carbonyl (C=O) groups is 1. The number of ketones is 1. The van der Waals surface area contributed by atoms with Crippen molar-refractivity contribution in [2.45, 2.75) is 46.2 Å². The van der Waals surface area contributed by atoms with E-state index < -0.39 is 0 Å². The Morgan fingerprint density at radius 1 is 1.05 bits per heavy atom. The van der Waals surface area contributed by atoms with Crippen molar-refractivity contribution < 1.29 is 4.79 Å². The van der Waals surface area contributed by atoms with Gasteiger partial charge in [0.25, 0.3) is 0 Å². The van der Waals surface area contributed by atoms with Crippen molar-refractivity contribution >= 4 is 16.8 Å². The molecule has 1 aromatic heterocycles. The van der Waals surface area contributed by atoms with Crippen molar-refractivity contribution in [2.75, 3.05) is 0 Å². The summed E-state index contributed by atoms with van der Waals surface area (Å²) in [6, 6.07) is 7.67. The molecule has 2 aromatic rings. The van der Waals surface area contributed by atoms with E-state index in [1.54, 1.807) is 9.13 Å². The Labute approximate surface area is 112 Å². The van der Waals surface area contributed by atoms with Gasteiger partial charge in [-0.15, -0.1) is 0 Å². The second-order valence-corrected chi connectivity index (χ2v) is 4.80. The normalized spacial score (nSPS) is 11.1. The van der Waals surface area contributed by atoms with Crippen molar-refractivity contribution in [2.24, 2.45) is 0 Å². The highest BCUT2D eigenvalue weighted by Crippen LogP contribution is 2.13. The van der Waals surface area contributed by atoms with Gasteiger partial charge in [-0.3, -0.25) is 13.9 Å². The minimum Gasteiger partial charge on any atom is -0.298 e. The standard InChI is InChI=1S/C15H20N2O2/c1-3-7-12(18)11-17-14-9-6-5-8-13(14)16(10-4-2)15(17)19/h5-6,8-9H,3-4,7,10-11H2,1-2H3. The molecule has 4 nitrogen and oxygen atoms in total. The summed E-state index contributed by atoms with van der Waals surface area (Å²) in [7, 11) is 0. The van der Waals surface area contributed by atoms with Gasteiger partial charge in [0.05, 0.1) is 17.6 Å². The number of Topliss-reactive ketones (excluding diaryl/α,β-unsaturated/α-hetero) is 1. The summed E-state index contributed by atoms with van der Waals surface area (Å²) in [5, 5.41) is 0. The third-order valence-corrected chi connectivity index (χ3v) is 3.24. The molecule has 0 atom stereocenters. The van der Waals surface area contributed by atoms with Crippen LogP contribution in [0.2, 0.25) is 0 Å². The van der Waals surface area contributed by atoms with Gasteiger partial charge >= 0.3 is 5.69 Å². The van der Waals surface area contributed by atoms with E-state index in [1.165, 1.54) is 0 Å². The van der Waals surface area contributed by atoms with Crippen LogP contribution in [0.4, 0.5) is 0 Å². The van der Waals surface area contributed by atoms with Gasteiger partial charge in [0, 0.05) is 13.0 Å². The average molecular weight is 260 g/mol. The first-order chi connectivity index (χ1) is 9.19. The number of aryl methyl sites for hydroxylation is 1. The fourth-order valence-electron chi connectivity index (χ4n) is 2.40. The SMILES string of the molecule is CCCC(=O)Cn1c(=O)n(CCC)c2ccccc21. The van der Waals surface area contributed by atoms with Crippen LogP contribution >= 0.6 is 0 Å². The number of carbonyl (C=O) groups excluding carboxylic acids is 1. The lowest BCUT2D eigenvalue weighted by molar-refractivity contribution is -0.119. The van der Waals surface area contributed by atoms with E-state index in [0.717, 1.165) is 23.9 Å². The molecule has 4 heteroatoms. The Kier molecular flexibility index (Phi) is 4.20. The maximum atomic E-state index is 12.4. The minimum atomic E-state index is -0.0764. The van der Waals surface area contributed by atoms with Crippen LogP contribution in [0, 0.1) is 0 Å². The monoisotopic (exact) mass is 260 g/mol. The first kappa shape index (κ1) is 13.6. The van der Waals surface area contributed by atoms with Gasteiger partial charge in [0.2, 0.25) is 0 Å². The van der Waals surface area contributed by atoms with Gasteiger partial charge in [0.1, 0.15) is 0 Å². The molecule has 0 radical (unpaired) electrons. The number of hydrogen-bond donors (Lipinski definition) is 0. The molecule has 0 aliphatic carbocycles. The molecule has 102 valence electrons. The van der Waals surface area contributed by atoms with E-state index in [9.17, 15) is 9.59 Å². The second-order valence-electron chi connectivity index (χ2n) is 4.80. The zero-order chi connectivity index (χ0) is 13.8. The molecule has 1 heterocycles. The molecule has 0 amide bonds. The van der Waals surface area contributed by atoms with Crippen molar-refractivity contribution in [1.82, 2.24) is 9.13 Å². The third-order valence-electron chi connectivity index (χ3n) is 3.24. The zero-order valence-corrected chi connectivity index (χ0v) is 11.6. The predicted octanol–water partition coefficient (Wildman–Crippen LogP) is 2.58. The Morgan fingerprint density at radius 3 is 2.26 bits per heavy atom. The summed E-state index contributed by atoms with van der Waals surface area (Å²) < 4.78 is 3.36. The topological polar surface area (TPSA) is 44.0 Å². The minimum absolute atomic E-state index is 0.0764. The van der Waals surface area contributed by atoms with Crippen LogP contribution in [0.25, 0.3) is 11.0 Å². The highest BCUT2D eigenvalue weighted by Gasteiger charge is 2.14. The Morgan fingerprint density at radius 2 is 1.68 bits per heavy atom. The number of imidazole rings is 1. The molecular formula is C15H20N2O2. The average Bonchev–Trinajstić information content (AvgIpc) is 2.66. The highest BCUT2D eigenvalue weighted by atomic mass is 16.2. The van der Waals surface area contributed by atoms with E-state index >= 15 is 0 Å². The lowest BCUT2D eigenvalue weighted by Gasteiger charge is -2.01. The highest BCUT2D eigenvalue weighted by molar-refractivity contribution is 5.82. The van der Waals surface area contributed by atoms with E-state index in [1.807, 2.05) is 38.1 Å². The molecule has 0 aliphatic heterocycles. The number of aromatic nitrogens is 2. The summed E-state index contributed by atoms with van der Waals surface area (Å²) >= 11 is 0. The Bertz CT molecular complexity index is 637. The van der Waals surface area contributed by atoms with Gasteiger partial charge in [-0.2, -0.15) is 0 Å². The number of fused-ring (bicyclic) bond motifs is 1. The predicted molar refractivity (Wildman–Crippen MR) is 76.4 cm³/mol. The smallest absolute Gasteiger partial charge is 0.298 e. The molecule has 0 saturated carbocycles. The summed E-state index contributed by atoms with van der Waals surface area (Å²) in [4.78, 5) is 24.2. The summed E-state index contributed by atoms with van der Waals surface area (Å²) in [6.45, 7) is 4.89. The molecule has 0 spiro atoms. The molecule has 0 bridgehead atoms. The quantitative estimate of drug-likeness (QED) is 0.801. The van der Waals surface area contributed by atoms with Crippen LogP contribution < -0.4 is 5.69 Å². The second kappa shape index (κ2) is 5.87. The van der Waals surface area contributed by atoms with Crippen molar-refractivity contribution in [3.05, 3.63) is 34.7 Å². The van der Waals surface area contributed by atoms with Gasteiger partial charge in [-0.05, 0) is 25.0 Å². The number of para-hydroxylation sites is 2. The summed E-state index contributed by atoms with van der Waals surface area (Å²) in [5.74, 6) is 0.115. The largest absolute Gasteiger partial charge is 0.329 e. The number of nitrogens with zero attached hydrogens (tertiary/aromatic N) is 2. The number of benzene rings is 1. The van der Waals surface area contributed by atoms with Crippen LogP contribution in [0.3, 0.4) is 0 Å². The molecule has 1 aromatic carbocycles. The maximum Gasteiger partial charge on any atom is 0.329 e. The molecular weight excluding hydrogens is 240 g/mol. The van der Waals surface area contributed by atoms with Gasteiger partial charge in [-0.25, -0.2) is 4.79 Å². The Hall–Kier alpha value is -1.84. The van der Waals surface area contributed by atoms with Gasteiger partial charge in [0.15, 0.2) is 5.78 Å². The van der Waals surface area contributed by atoms with Crippen molar-refractivity contribution in [1.29, 1.82) is 0 Å². The third kappa shape index (κ3) is 2.62. The molecule has 0 saturated heterocycles. The van der Waals surface area contributed by atoms with Gasteiger partial charge in [-0.1, -0.05) is 26.0 Å². The maximum absolute atomic E-state index is 12.4. The number of hydrogen-bond acceptors (Lipinski definition) is 2. The molecule has 19 heavy (non-hydrogen) atoms. The lowest BCUT2D eigenvalue weighted by atomic mass is 10.2. The molecule has 0 unspecified atom stereocenters. The van der Waals surface area contributed by atoms with Crippen LogP contribution in [0.5, 0.6) is 0 Å². The van der Waals surface area contributed by atoms with E-state index in [4.69, 9.17) is 0 Å². The van der Waals surface area contributed by atoms with Crippen LogP contribution in [-0.4, -0.2) is 14.9 Å². The van der Waals surface area contributed by atoms with Crippen LogP contribution in [-0.2, 0) is 17.9 Å². The van der Waals surface area contributed by atoms with Gasteiger partial charge < -0.3 is 0 Å².